The van der Waals surface area contributed by atoms with Gasteiger partial charge in [0.2, 0.25) is 0 Å². The second-order valence-corrected chi connectivity index (χ2v) is 6.45. The number of aliphatic hydroxyl groups is 1. The largest absolute Gasteiger partial charge is 0.394 e. The first-order valence-electron chi connectivity index (χ1n) is 7.37. The van der Waals surface area contributed by atoms with Crippen LogP contribution in [0.1, 0.15) is 17.7 Å². The van der Waals surface area contributed by atoms with E-state index in [9.17, 15) is 5.11 Å². The maximum atomic E-state index is 9.38. The molecule has 0 aliphatic carbocycles. The van der Waals surface area contributed by atoms with Gasteiger partial charge in [-0.05, 0) is 18.6 Å². The van der Waals surface area contributed by atoms with Gasteiger partial charge < -0.3 is 19.1 Å². The Hall–Kier alpha value is -1.11. The van der Waals surface area contributed by atoms with E-state index in [0.29, 0.717) is 29.5 Å². The summed E-state index contributed by atoms with van der Waals surface area (Å²) in [4.78, 5) is 4.12. The molecule has 1 aromatic carbocycles. The Morgan fingerprint density at radius 1 is 1.43 bits per heavy atom. The predicted octanol–water partition coefficient (Wildman–Crippen LogP) is 2.92. The zero-order valence-corrected chi connectivity index (χ0v) is 14.2. The Labute approximate surface area is 144 Å². The van der Waals surface area contributed by atoms with E-state index in [1.165, 1.54) is 0 Å². The normalized spacial score (nSPS) is 24.3. The number of benzene rings is 1. The Balaban J connectivity index is 1.90. The molecular weight excluding hydrogens is 339 g/mol. The molecule has 2 aromatic rings. The fourth-order valence-electron chi connectivity index (χ4n) is 2.78. The molecule has 2 atom stereocenters. The van der Waals surface area contributed by atoms with Crippen LogP contribution in [0.2, 0.25) is 10.0 Å². The molecule has 7 heteroatoms. The highest BCUT2D eigenvalue weighted by molar-refractivity contribution is 6.35. The zero-order chi connectivity index (χ0) is 16.4. The summed E-state index contributed by atoms with van der Waals surface area (Å²) in [5.74, 6) is -0.987. The van der Waals surface area contributed by atoms with Gasteiger partial charge in [0.25, 0.3) is 0 Å². The number of aliphatic hydroxyl groups excluding tert-OH is 1. The molecule has 1 saturated heterocycles. The predicted molar refractivity (Wildman–Crippen MR) is 87.6 cm³/mol. The Morgan fingerprint density at radius 3 is 2.87 bits per heavy atom. The Bertz CT molecular complexity index is 692. The lowest BCUT2D eigenvalue weighted by molar-refractivity contribution is -0.184. The number of ether oxygens (including phenoxy) is 2. The van der Waals surface area contributed by atoms with Gasteiger partial charge in [0.15, 0.2) is 5.79 Å². The summed E-state index contributed by atoms with van der Waals surface area (Å²) in [5, 5.41) is 10.4. The van der Waals surface area contributed by atoms with Gasteiger partial charge in [-0.3, -0.25) is 0 Å². The van der Waals surface area contributed by atoms with E-state index in [4.69, 9.17) is 32.7 Å². The fourth-order valence-corrected chi connectivity index (χ4v) is 3.33. The molecule has 1 fully saturated rings. The van der Waals surface area contributed by atoms with E-state index < -0.39 is 5.79 Å². The summed E-state index contributed by atoms with van der Waals surface area (Å²) in [6, 6.07) is 5.24. The van der Waals surface area contributed by atoms with Gasteiger partial charge in [-0.15, -0.1) is 0 Å². The van der Waals surface area contributed by atoms with Gasteiger partial charge in [0.1, 0.15) is 6.10 Å². The lowest BCUT2D eigenvalue weighted by atomic mass is 9.99. The van der Waals surface area contributed by atoms with Crippen molar-refractivity contribution < 1.29 is 14.6 Å². The van der Waals surface area contributed by atoms with Crippen LogP contribution < -0.4 is 0 Å². The van der Waals surface area contributed by atoms with Crippen molar-refractivity contribution >= 4 is 23.2 Å². The van der Waals surface area contributed by atoms with Crippen molar-refractivity contribution in [3.63, 3.8) is 0 Å². The van der Waals surface area contributed by atoms with E-state index in [-0.39, 0.29) is 12.7 Å². The van der Waals surface area contributed by atoms with E-state index in [0.717, 1.165) is 11.3 Å². The maximum absolute atomic E-state index is 9.38. The van der Waals surface area contributed by atoms with Crippen molar-refractivity contribution in [1.82, 2.24) is 9.55 Å². The number of halogens is 2. The number of aromatic nitrogens is 2. The van der Waals surface area contributed by atoms with Crippen molar-refractivity contribution in [2.24, 2.45) is 7.05 Å². The zero-order valence-electron chi connectivity index (χ0n) is 12.7. The molecule has 0 saturated carbocycles. The van der Waals surface area contributed by atoms with Crippen molar-refractivity contribution in [3.8, 4) is 0 Å². The molecular formula is C16H18Cl2N2O3. The molecule has 0 radical (unpaired) electrons. The minimum atomic E-state index is -0.987. The first kappa shape index (κ1) is 16.7. The molecule has 1 aromatic heterocycles. The number of hydrogen-bond acceptors (Lipinski definition) is 4. The van der Waals surface area contributed by atoms with Gasteiger partial charge in [-0.2, -0.15) is 0 Å². The fraction of sp³-hybridized carbons (Fsp3) is 0.438. The van der Waals surface area contributed by atoms with Crippen LogP contribution in [0, 0.1) is 0 Å². The van der Waals surface area contributed by atoms with Crippen LogP contribution in [0.5, 0.6) is 0 Å². The molecule has 0 spiro atoms. The second-order valence-electron chi connectivity index (χ2n) is 5.61. The molecule has 1 aliphatic rings. The minimum Gasteiger partial charge on any atom is -0.394 e. The van der Waals surface area contributed by atoms with Gasteiger partial charge in [0, 0.05) is 35.9 Å². The third-order valence-corrected chi connectivity index (χ3v) is 4.58. The number of hydrogen-bond donors (Lipinski definition) is 1. The van der Waals surface area contributed by atoms with Crippen molar-refractivity contribution in [3.05, 3.63) is 52.0 Å². The topological polar surface area (TPSA) is 56.5 Å². The van der Waals surface area contributed by atoms with E-state index in [1.54, 1.807) is 18.5 Å². The van der Waals surface area contributed by atoms with Gasteiger partial charge in [-0.1, -0.05) is 29.3 Å². The van der Waals surface area contributed by atoms with E-state index in [1.807, 2.05) is 23.9 Å². The van der Waals surface area contributed by atoms with Gasteiger partial charge >= 0.3 is 0 Å². The lowest BCUT2D eigenvalue weighted by Crippen LogP contribution is -2.30. The monoisotopic (exact) mass is 356 g/mol. The van der Waals surface area contributed by atoms with Gasteiger partial charge in [0.05, 0.1) is 24.6 Å². The van der Waals surface area contributed by atoms with Crippen LogP contribution in [0.4, 0.5) is 0 Å². The Kier molecular flexibility index (Phi) is 4.94. The number of nitrogens with zero attached hydrogens (tertiary/aromatic N) is 2. The van der Waals surface area contributed by atoms with Crippen LogP contribution in [0.25, 0.3) is 0 Å². The van der Waals surface area contributed by atoms with Crippen LogP contribution in [-0.2, 0) is 28.7 Å². The van der Waals surface area contributed by atoms with Crippen LogP contribution >= 0.6 is 23.2 Å². The summed E-state index contributed by atoms with van der Waals surface area (Å²) < 4.78 is 13.9. The van der Waals surface area contributed by atoms with Crippen molar-refractivity contribution in [2.45, 2.75) is 24.7 Å². The average molecular weight is 357 g/mol. The molecule has 3 rings (SSSR count). The summed E-state index contributed by atoms with van der Waals surface area (Å²) in [6.45, 7) is 0.222. The number of imidazole rings is 1. The smallest absolute Gasteiger partial charge is 0.197 e. The van der Waals surface area contributed by atoms with Crippen LogP contribution in [0.15, 0.2) is 30.7 Å². The number of rotatable bonds is 5. The molecule has 0 bridgehead atoms. The van der Waals surface area contributed by atoms with Crippen molar-refractivity contribution in [1.29, 1.82) is 0 Å². The molecule has 1 aliphatic heterocycles. The first-order valence-corrected chi connectivity index (χ1v) is 8.13. The van der Waals surface area contributed by atoms with Crippen LogP contribution in [0.3, 0.4) is 0 Å². The maximum Gasteiger partial charge on any atom is 0.197 e. The summed E-state index contributed by atoms with van der Waals surface area (Å²) in [7, 11) is 1.94. The summed E-state index contributed by atoms with van der Waals surface area (Å²) >= 11 is 12.3. The minimum absolute atomic E-state index is 0.0985. The summed E-state index contributed by atoms with van der Waals surface area (Å²) in [5.41, 5.74) is 1.79. The second kappa shape index (κ2) is 6.79. The highest BCUT2D eigenvalue weighted by Crippen LogP contribution is 2.42. The summed E-state index contributed by atoms with van der Waals surface area (Å²) in [6.07, 6.45) is 4.46. The van der Waals surface area contributed by atoms with Crippen molar-refractivity contribution in [2.75, 3.05) is 13.2 Å². The first-order chi connectivity index (χ1) is 11.0. The quantitative estimate of drug-likeness (QED) is 0.894. The molecule has 0 amide bonds. The van der Waals surface area contributed by atoms with Gasteiger partial charge in [-0.25, -0.2) is 4.98 Å². The van der Waals surface area contributed by atoms with E-state index in [2.05, 4.69) is 4.98 Å². The third-order valence-electron chi connectivity index (χ3n) is 4.03. The molecule has 124 valence electrons. The average Bonchev–Trinajstić information content (AvgIpc) is 3.12. The van der Waals surface area contributed by atoms with Crippen LogP contribution in [-0.4, -0.2) is 34.0 Å². The molecule has 5 nitrogen and oxygen atoms in total. The standard InChI is InChI=1S/C16H18Cl2N2O3/c1-20-10-19-7-12(20)4-5-16(22-9-13(8-21)23-16)14-3-2-11(17)6-15(14)18/h2-3,6-7,10,13,21H,4-5,8-9H2,1H3. The van der Waals surface area contributed by atoms with E-state index >= 15 is 0 Å². The highest BCUT2D eigenvalue weighted by Gasteiger charge is 2.44. The third kappa shape index (κ3) is 3.39. The lowest BCUT2D eigenvalue weighted by Gasteiger charge is -2.29. The molecule has 23 heavy (non-hydrogen) atoms. The molecule has 1 N–H and O–H groups in total. The molecule has 2 unspecified atom stereocenters. The SMILES string of the molecule is Cn1cncc1CCC1(c2ccc(Cl)cc2Cl)OCC(CO)O1. The number of aryl methyl sites for hydroxylation is 2. The Morgan fingerprint density at radius 2 is 2.26 bits per heavy atom. The molecule has 2 heterocycles. The highest BCUT2D eigenvalue weighted by atomic mass is 35.5.